The van der Waals surface area contributed by atoms with E-state index < -0.39 is 0 Å². The molecule has 1 aromatic rings. The summed E-state index contributed by atoms with van der Waals surface area (Å²) in [4.78, 5) is 0. The van der Waals surface area contributed by atoms with Gasteiger partial charge in [0.1, 0.15) is 0 Å². The van der Waals surface area contributed by atoms with E-state index in [0.717, 1.165) is 25.7 Å². The van der Waals surface area contributed by atoms with Crippen molar-refractivity contribution in [1.29, 1.82) is 0 Å². The quantitative estimate of drug-likeness (QED) is 0.708. The predicted octanol–water partition coefficient (Wildman–Crippen LogP) is 4.64. The molecule has 0 amide bonds. The molecule has 104 valence electrons. The van der Waals surface area contributed by atoms with Crippen LogP contribution in [0.4, 0.5) is 0 Å². The highest BCUT2D eigenvalue weighted by Crippen LogP contribution is 2.10. The fourth-order valence-corrected chi connectivity index (χ4v) is 2.04. The van der Waals surface area contributed by atoms with Crippen molar-refractivity contribution in [2.24, 2.45) is 5.73 Å². The Morgan fingerprint density at radius 2 is 1.79 bits per heavy atom. The Balaban J connectivity index is 2.32. The van der Waals surface area contributed by atoms with E-state index in [4.69, 9.17) is 5.73 Å². The Bertz CT molecular complexity index is 411. The van der Waals surface area contributed by atoms with Gasteiger partial charge in [-0.25, -0.2) is 0 Å². The first kappa shape index (κ1) is 15.7. The molecule has 0 bridgehead atoms. The summed E-state index contributed by atoms with van der Waals surface area (Å²) in [5, 5.41) is 0. The molecule has 0 aliphatic rings. The summed E-state index contributed by atoms with van der Waals surface area (Å²) in [5.74, 6) is 0. The first-order valence-corrected chi connectivity index (χ1v) is 7.16. The average molecular weight is 257 g/mol. The van der Waals surface area contributed by atoms with Gasteiger partial charge in [0.15, 0.2) is 0 Å². The van der Waals surface area contributed by atoms with Crippen molar-refractivity contribution in [1.82, 2.24) is 0 Å². The van der Waals surface area contributed by atoms with Crippen LogP contribution in [-0.2, 0) is 6.42 Å². The van der Waals surface area contributed by atoms with Crippen molar-refractivity contribution in [3.63, 3.8) is 0 Å². The third-order valence-electron chi connectivity index (χ3n) is 3.20. The summed E-state index contributed by atoms with van der Waals surface area (Å²) in [5.41, 5.74) is 10.3. The lowest BCUT2D eigenvalue weighted by atomic mass is 10.0. The fourth-order valence-electron chi connectivity index (χ4n) is 2.04. The molecule has 1 unspecified atom stereocenters. The first-order valence-electron chi connectivity index (χ1n) is 7.16. The van der Waals surface area contributed by atoms with Gasteiger partial charge >= 0.3 is 0 Å². The summed E-state index contributed by atoms with van der Waals surface area (Å²) < 4.78 is 0. The summed E-state index contributed by atoms with van der Waals surface area (Å²) in [7, 11) is 0. The third-order valence-corrected chi connectivity index (χ3v) is 3.20. The van der Waals surface area contributed by atoms with Crippen LogP contribution in [0.2, 0.25) is 0 Å². The summed E-state index contributed by atoms with van der Waals surface area (Å²) >= 11 is 0. The monoisotopic (exact) mass is 257 g/mol. The van der Waals surface area contributed by atoms with Gasteiger partial charge in [-0.15, -0.1) is 0 Å². The topological polar surface area (TPSA) is 26.0 Å². The molecule has 0 radical (unpaired) electrons. The van der Waals surface area contributed by atoms with Crippen molar-refractivity contribution in [3.8, 4) is 0 Å². The second-order valence-corrected chi connectivity index (χ2v) is 5.56. The highest BCUT2D eigenvalue weighted by molar-refractivity contribution is 5.16. The van der Waals surface area contributed by atoms with E-state index in [2.05, 4.69) is 57.2 Å². The lowest BCUT2D eigenvalue weighted by Gasteiger charge is -2.09. The van der Waals surface area contributed by atoms with E-state index in [1.807, 2.05) is 6.07 Å². The summed E-state index contributed by atoms with van der Waals surface area (Å²) in [6.07, 6.45) is 8.80. The molecule has 1 atom stereocenters. The van der Waals surface area contributed by atoms with Crippen molar-refractivity contribution in [2.75, 3.05) is 0 Å². The van der Waals surface area contributed by atoms with Gasteiger partial charge in [0.25, 0.3) is 0 Å². The van der Waals surface area contributed by atoms with Gasteiger partial charge in [0, 0.05) is 6.04 Å². The minimum absolute atomic E-state index is 0.223. The highest BCUT2D eigenvalue weighted by Gasteiger charge is 2.02. The maximum absolute atomic E-state index is 6.17. The van der Waals surface area contributed by atoms with Gasteiger partial charge in [-0.1, -0.05) is 53.6 Å². The second-order valence-electron chi connectivity index (χ2n) is 5.56. The molecule has 0 aliphatic carbocycles. The molecule has 0 fully saturated rings. The zero-order chi connectivity index (χ0) is 14.1. The summed E-state index contributed by atoms with van der Waals surface area (Å²) in [6, 6.07) is 10.7. The van der Waals surface area contributed by atoms with Crippen molar-refractivity contribution in [2.45, 2.75) is 52.5 Å². The Kier molecular flexibility index (Phi) is 7.20. The van der Waals surface area contributed by atoms with Crippen LogP contribution in [0.25, 0.3) is 0 Å². The van der Waals surface area contributed by atoms with Gasteiger partial charge in [-0.05, 0) is 52.0 Å². The molecular weight excluding hydrogens is 230 g/mol. The molecule has 1 aromatic carbocycles. The molecule has 0 spiro atoms. The zero-order valence-corrected chi connectivity index (χ0v) is 12.5. The number of nitrogens with two attached hydrogens (primary N) is 1. The van der Waals surface area contributed by atoms with Gasteiger partial charge in [-0.3, -0.25) is 0 Å². The van der Waals surface area contributed by atoms with E-state index in [9.17, 15) is 0 Å². The largest absolute Gasteiger partial charge is 0.327 e. The molecule has 1 rings (SSSR count). The smallest absolute Gasteiger partial charge is 0.0114 e. The van der Waals surface area contributed by atoms with Crippen LogP contribution in [0.1, 0.15) is 45.6 Å². The van der Waals surface area contributed by atoms with Crippen LogP contribution in [0.15, 0.2) is 53.6 Å². The van der Waals surface area contributed by atoms with Crippen LogP contribution in [0, 0.1) is 0 Å². The molecule has 0 aromatic heterocycles. The number of rotatable bonds is 7. The van der Waals surface area contributed by atoms with Crippen molar-refractivity contribution >= 4 is 0 Å². The van der Waals surface area contributed by atoms with E-state index in [-0.39, 0.29) is 6.04 Å². The molecule has 0 saturated carbocycles. The first-order chi connectivity index (χ1) is 9.08. The van der Waals surface area contributed by atoms with Crippen LogP contribution >= 0.6 is 0 Å². The predicted molar refractivity (Wildman–Crippen MR) is 85.2 cm³/mol. The average Bonchev–Trinajstić information content (AvgIpc) is 2.37. The second kappa shape index (κ2) is 8.71. The maximum atomic E-state index is 6.17. The van der Waals surface area contributed by atoms with E-state index in [1.165, 1.54) is 16.7 Å². The lowest BCUT2D eigenvalue weighted by Crippen LogP contribution is -2.21. The van der Waals surface area contributed by atoms with Crippen LogP contribution in [0.3, 0.4) is 0 Å². The maximum Gasteiger partial charge on any atom is 0.0114 e. The lowest BCUT2D eigenvalue weighted by molar-refractivity contribution is 0.675. The molecule has 0 saturated heterocycles. The molecule has 1 nitrogen and oxygen atoms in total. The Morgan fingerprint density at radius 3 is 2.42 bits per heavy atom. The number of benzene rings is 1. The van der Waals surface area contributed by atoms with Crippen LogP contribution < -0.4 is 5.73 Å². The third kappa shape index (κ3) is 7.63. The van der Waals surface area contributed by atoms with Crippen LogP contribution in [-0.4, -0.2) is 6.04 Å². The highest BCUT2D eigenvalue weighted by atomic mass is 14.6. The molecule has 19 heavy (non-hydrogen) atoms. The van der Waals surface area contributed by atoms with Gasteiger partial charge in [0.05, 0.1) is 0 Å². The minimum Gasteiger partial charge on any atom is -0.327 e. The fraction of sp³-hybridized carbons (Fsp3) is 0.444. The SMILES string of the molecule is CC(C)=CCC/C(C)=C/CC(N)Cc1ccccc1. The molecule has 2 N–H and O–H groups in total. The van der Waals surface area contributed by atoms with Gasteiger partial charge < -0.3 is 5.73 Å². The minimum atomic E-state index is 0.223. The van der Waals surface area contributed by atoms with Gasteiger partial charge in [-0.2, -0.15) is 0 Å². The molecule has 0 heterocycles. The zero-order valence-electron chi connectivity index (χ0n) is 12.5. The van der Waals surface area contributed by atoms with Gasteiger partial charge in [0.2, 0.25) is 0 Å². The Morgan fingerprint density at radius 1 is 1.11 bits per heavy atom. The summed E-state index contributed by atoms with van der Waals surface area (Å²) in [6.45, 7) is 6.50. The van der Waals surface area contributed by atoms with Crippen molar-refractivity contribution < 1.29 is 0 Å². The Labute approximate surface area is 118 Å². The number of allylic oxidation sites excluding steroid dienone is 3. The normalized spacial score (nSPS) is 13.2. The standard InChI is InChI=1S/C18H27N/c1-15(2)8-7-9-16(3)12-13-18(19)14-17-10-5-4-6-11-17/h4-6,8,10-12,18H,7,9,13-14,19H2,1-3H3/b16-12+. The Hall–Kier alpha value is -1.34. The number of hydrogen-bond donors (Lipinski definition) is 1. The molecule has 1 heteroatoms. The van der Waals surface area contributed by atoms with E-state index >= 15 is 0 Å². The van der Waals surface area contributed by atoms with Crippen LogP contribution in [0.5, 0.6) is 0 Å². The van der Waals surface area contributed by atoms with E-state index in [1.54, 1.807) is 0 Å². The van der Waals surface area contributed by atoms with Crippen molar-refractivity contribution in [3.05, 3.63) is 59.2 Å². The molecular formula is C18H27N. The van der Waals surface area contributed by atoms with E-state index in [0.29, 0.717) is 0 Å². The molecule has 0 aliphatic heterocycles. The number of hydrogen-bond acceptors (Lipinski definition) is 1.